The fourth-order valence-electron chi connectivity index (χ4n) is 1.57. The second-order valence-corrected chi connectivity index (χ2v) is 3.19. The Labute approximate surface area is 79.7 Å². The Morgan fingerprint density at radius 1 is 1.58 bits per heavy atom. The van der Waals surface area contributed by atoms with E-state index in [1.54, 1.807) is 7.05 Å². The predicted octanol–water partition coefficient (Wildman–Crippen LogP) is 0.542. The number of rotatable bonds is 1. The van der Waals surface area contributed by atoms with Gasteiger partial charge in [0.25, 0.3) is 0 Å². The largest absolute Gasteiger partial charge is 0.359 e. The molecule has 3 nitrogen and oxygen atoms in total. The van der Waals surface area contributed by atoms with Crippen molar-refractivity contribution < 1.29 is 4.79 Å². The smallest absolute Gasteiger partial charge is 0.222 e. The summed E-state index contributed by atoms with van der Waals surface area (Å²) in [4.78, 5) is 11.2. The van der Waals surface area contributed by atoms with Crippen LogP contribution in [0.4, 0.5) is 0 Å². The Hall–Kier alpha value is -0.280. The summed E-state index contributed by atoms with van der Waals surface area (Å²) in [6.07, 6.45) is 1.95. The van der Waals surface area contributed by atoms with Crippen LogP contribution in [0.15, 0.2) is 0 Å². The van der Waals surface area contributed by atoms with Gasteiger partial charge in [0, 0.05) is 19.0 Å². The molecule has 1 rings (SSSR count). The van der Waals surface area contributed by atoms with Crippen molar-refractivity contribution in [1.82, 2.24) is 10.6 Å². The van der Waals surface area contributed by atoms with E-state index in [2.05, 4.69) is 17.6 Å². The van der Waals surface area contributed by atoms with E-state index in [0.29, 0.717) is 6.04 Å². The van der Waals surface area contributed by atoms with Crippen LogP contribution in [0.25, 0.3) is 0 Å². The van der Waals surface area contributed by atoms with E-state index < -0.39 is 0 Å². The van der Waals surface area contributed by atoms with Gasteiger partial charge in [0.1, 0.15) is 0 Å². The number of piperidine rings is 1. The van der Waals surface area contributed by atoms with Gasteiger partial charge in [-0.1, -0.05) is 0 Å². The van der Waals surface area contributed by atoms with Crippen LogP contribution < -0.4 is 10.6 Å². The second-order valence-electron chi connectivity index (χ2n) is 3.19. The third-order valence-electron chi connectivity index (χ3n) is 2.24. The van der Waals surface area contributed by atoms with E-state index >= 15 is 0 Å². The van der Waals surface area contributed by atoms with Crippen molar-refractivity contribution in [2.75, 3.05) is 13.6 Å². The predicted molar refractivity (Wildman–Crippen MR) is 51.5 cm³/mol. The molecule has 1 saturated heterocycles. The normalized spacial score (nSPS) is 28.8. The first kappa shape index (κ1) is 11.7. The lowest BCUT2D eigenvalue weighted by Gasteiger charge is -2.26. The van der Waals surface area contributed by atoms with E-state index in [9.17, 15) is 4.79 Å². The number of carbonyl (C=O) groups is 1. The van der Waals surface area contributed by atoms with Crippen molar-refractivity contribution in [2.45, 2.75) is 25.8 Å². The third kappa shape index (κ3) is 2.99. The highest BCUT2D eigenvalue weighted by molar-refractivity contribution is 5.85. The number of hydrogen-bond donors (Lipinski definition) is 2. The van der Waals surface area contributed by atoms with Crippen LogP contribution in [0.3, 0.4) is 0 Å². The minimum Gasteiger partial charge on any atom is -0.359 e. The first-order chi connectivity index (χ1) is 5.24. The summed E-state index contributed by atoms with van der Waals surface area (Å²) in [6.45, 7) is 3.09. The molecule has 0 spiro atoms. The molecule has 1 heterocycles. The van der Waals surface area contributed by atoms with Gasteiger partial charge in [0.05, 0.1) is 0 Å². The molecule has 0 unspecified atom stereocenters. The second kappa shape index (κ2) is 5.38. The Morgan fingerprint density at radius 2 is 2.25 bits per heavy atom. The molecule has 0 aromatic rings. The zero-order valence-electron chi connectivity index (χ0n) is 7.59. The molecule has 2 N–H and O–H groups in total. The molecule has 12 heavy (non-hydrogen) atoms. The monoisotopic (exact) mass is 192 g/mol. The summed E-state index contributed by atoms with van der Waals surface area (Å²) >= 11 is 0. The SMILES string of the molecule is CNC(=O)[C@@H]1CCN[C@H](C)C1.Cl. The number of carbonyl (C=O) groups excluding carboxylic acids is 1. The molecule has 2 atom stereocenters. The maximum absolute atomic E-state index is 11.2. The van der Waals surface area contributed by atoms with Crippen LogP contribution in [0, 0.1) is 5.92 Å². The third-order valence-corrected chi connectivity index (χ3v) is 2.24. The average molecular weight is 193 g/mol. The van der Waals surface area contributed by atoms with Crippen LogP contribution in [-0.2, 0) is 4.79 Å². The number of nitrogens with one attached hydrogen (secondary N) is 2. The first-order valence-corrected chi connectivity index (χ1v) is 4.19. The standard InChI is InChI=1S/C8H16N2O.ClH/c1-6-5-7(3-4-10-6)8(11)9-2;/h6-7,10H,3-5H2,1-2H3,(H,9,11);1H/t6-,7-;/m1./s1. The number of amides is 1. The minimum atomic E-state index is 0. The number of hydrogen-bond acceptors (Lipinski definition) is 2. The Bertz CT molecular complexity index is 152. The molecule has 1 fully saturated rings. The molecule has 0 aliphatic carbocycles. The molecule has 1 amide bonds. The van der Waals surface area contributed by atoms with Gasteiger partial charge in [-0.15, -0.1) is 12.4 Å². The zero-order chi connectivity index (χ0) is 8.27. The Kier molecular flexibility index (Phi) is 5.25. The van der Waals surface area contributed by atoms with E-state index in [0.717, 1.165) is 19.4 Å². The lowest BCUT2D eigenvalue weighted by Crippen LogP contribution is -2.41. The Balaban J connectivity index is 0.00000121. The fraction of sp³-hybridized carbons (Fsp3) is 0.875. The van der Waals surface area contributed by atoms with Gasteiger partial charge in [-0.25, -0.2) is 0 Å². The summed E-state index contributed by atoms with van der Waals surface area (Å²) in [6, 6.07) is 0.492. The lowest BCUT2D eigenvalue weighted by molar-refractivity contribution is -0.125. The average Bonchev–Trinajstić information content (AvgIpc) is 2.03. The highest BCUT2D eigenvalue weighted by atomic mass is 35.5. The minimum absolute atomic E-state index is 0. The van der Waals surface area contributed by atoms with Gasteiger partial charge in [-0.2, -0.15) is 0 Å². The topological polar surface area (TPSA) is 41.1 Å². The molecule has 0 saturated carbocycles. The Morgan fingerprint density at radius 3 is 2.75 bits per heavy atom. The number of halogens is 1. The molecule has 4 heteroatoms. The van der Waals surface area contributed by atoms with Crippen molar-refractivity contribution in [3.05, 3.63) is 0 Å². The summed E-state index contributed by atoms with van der Waals surface area (Å²) in [5, 5.41) is 6.00. The molecule has 1 aliphatic rings. The van der Waals surface area contributed by atoms with Crippen LogP contribution in [-0.4, -0.2) is 25.5 Å². The summed E-state index contributed by atoms with van der Waals surface area (Å²) in [5.41, 5.74) is 0. The first-order valence-electron chi connectivity index (χ1n) is 4.19. The molecule has 0 radical (unpaired) electrons. The van der Waals surface area contributed by atoms with E-state index in [1.165, 1.54) is 0 Å². The van der Waals surface area contributed by atoms with Crippen LogP contribution in [0.2, 0.25) is 0 Å². The molecular weight excluding hydrogens is 176 g/mol. The molecule has 0 aromatic heterocycles. The molecule has 0 bridgehead atoms. The maximum atomic E-state index is 11.2. The van der Waals surface area contributed by atoms with Crippen LogP contribution in [0.1, 0.15) is 19.8 Å². The van der Waals surface area contributed by atoms with Crippen molar-refractivity contribution in [2.24, 2.45) is 5.92 Å². The zero-order valence-corrected chi connectivity index (χ0v) is 8.41. The van der Waals surface area contributed by atoms with Gasteiger partial charge in [-0.3, -0.25) is 4.79 Å². The van der Waals surface area contributed by atoms with E-state index in [1.807, 2.05) is 0 Å². The van der Waals surface area contributed by atoms with E-state index in [4.69, 9.17) is 0 Å². The molecule has 0 aromatic carbocycles. The quantitative estimate of drug-likeness (QED) is 0.637. The lowest BCUT2D eigenvalue weighted by atomic mass is 9.93. The van der Waals surface area contributed by atoms with Gasteiger partial charge in [-0.05, 0) is 26.3 Å². The fourth-order valence-corrected chi connectivity index (χ4v) is 1.57. The van der Waals surface area contributed by atoms with Crippen molar-refractivity contribution >= 4 is 18.3 Å². The van der Waals surface area contributed by atoms with Crippen molar-refractivity contribution in [3.8, 4) is 0 Å². The van der Waals surface area contributed by atoms with Crippen LogP contribution >= 0.6 is 12.4 Å². The van der Waals surface area contributed by atoms with Crippen molar-refractivity contribution in [3.63, 3.8) is 0 Å². The van der Waals surface area contributed by atoms with Gasteiger partial charge in [0.2, 0.25) is 5.91 Å². The van der Waals surface area contributed by atoms with Crippen LogP contribution in [0.5, 0.6) is 0 Å². The van der Waals surface area contributed by atoms with Gasteiger partial charge >= 0.3 is 0 Å². The summed E-state index contributed by atoms with van der Waals surface area (Å²) < 4.78 is 0. The summed E-state index contributed by atoms with van der Waals surface area (Å²) in [5.74, 6) is 0.426. The molecular formula is C8H17ClN2O. The summed E-state index contributed by atoms with van der Waals surface area (Å²) in [7, 11) is 1.70. The highest BCUT2D eigenvalue weighted by Gasteiger charge is 2.23. The van der Waals surface area contributed by atoms with Crippen molar-refractivity contribution in [1.29, 1.82) is 0 Å². The maximum Gasteiger partial charge on any atom is 0.222 e. The highest BCUT2D eigenvalue weighted by Crippen LogP contribution is 2.15. The van der Waals surface area contributed by atoms with Gasteiger partial charge in [0.15, 0.2) is 0 Å². The molecule has 1 aliphatic heterocycles. The van der Waals surface area contributed by atoms with E-state index in [-0.39, 0.29) is 24.2 Å². The molecule has 72 valence electrons. The van der Waals surface area contributed by atoms with Gasteiger partial charge < -0.3 is 10.6 Å².